The summed E-state index contributed by atoms with van der Waals surface area (Å²) in [4.78, 5) is 11.9. The van der Waals surface area contributed by atoms with E-state index in [1.807, 2.05) is 25.1 Å². The lowest BCUT2D eigenvalue weighted by atomic mass is 10.1. The van der Waals surface area contributed by atoms with E-state index in [1.54, 1.807) is 13.0 Å². The Hall–Kier alpha value is -1.55. The van der Waals surface area contributed by atoms with Crippen LogP contribution in [0.25, 0.3) is 0 Å². The number of carbonyl (C=O) groups is 1. The van der Waals surface area contributed by atoms with Gasteiger partial charge in [-0.15, -0.1) is 0 Å². The predicted octanol–water partition coefficient (Wildman–Crippen LogP) is 4.22. The molecule has 2 atom stereocenters. The third-order valence-corrected chi connectivity index (χ3v) is 3.50. The maximum atomic E-state index is 11.9. The standard InChI is InChI=1S/C17H28N2O2/c1-4-5-6-7-9-13(2)18-17(21)19-16-11-8-10-15(12-16)14(3)20/h8,10-14,20H,4-7,9H2,1-3H3,(H2,18,19,21). The zero-order chi connectivity index (χ0) is 15.7. The van der Waals surface area contributed by atoms with Crippen LogP contribution in [0.3, 0.4) is 0 Å². The van der Waals surface area contributed by atoms with Crippen LogP contribution in [0.1, 0.15) is 64.5 Å². The summed E-state index contributed by atoms with van der Waals surface area (Å²) in [5.74, 6) is 0. The van der Waals surface area contributed by atoms with E-state index >= 15 is 0 Å². The molecular weight excluding hydrogens is 264 g/mol. The molecule has 1 aromatic rings. The number of hydrogen-bond donors (Lipinski definition) is 3. The Labute approximate surface area is 128 Å². The van der Waals surface area contributed by atoms with Gasteiger partial charge in [0, 0.05) is 11.7 Å². The summed E-state index contributed by atoms with van der Waals surface area (Å²) in [5, 5.41) is 15.3. The van der Waals surface area contributed by atoms with Gasteiger partial charge in [-0.2, -0.15) is 0 Å². The number of benzene rings is 1. The van der Waals surface area contributed by atoms with E-state index < -0.39 is 6.10 Å². The van der Waals surface area contributed by atoms with Crippen LogP contribution < -0.4 is 10.6 Å². The van der Waals surface area contributed by atoms with Crippen molar-refractivity contribution < 1.29 is 9.90 Å². The number of unbranched alkanes of at least 4 members (excludes halogenated alkanes) is 3. The van der Waals surface area contributed by atoms with Gasteiger partial charge in [0.05, 0.1) is 6.10 Å². The predicted molar refractivity (Wildman–Crippen MR) is 87.5 cm³/mol. The maximum Gasteiger partial charge on any atom is 0.319 e. The lowest BCUT2D eigenvalue weighted by Crippen LogP contribution is -2.36. The van der Waals surface area contributed by atoms with Gasteiger partial charge < -0.3 is 15.7 Å². The Kier molecular flexibility index (Phi) is 7.83. The molecule has 0 heterocycles. The van der Waals surface area contributed by atoms with Crippen LogP contribution in [-0.4, -0.2) is 17.2 Å². The van der Waals surface area contributed by atoms with Crippen molar-refractivity contribution in [3.8, 4) is 0 Å². The molecule has 0 bridgehead atoms. The van der Waals surface area contributed by atoms with Gasteiger partial charge in [0.2, 0.25) is 0 Å². The van der Waals surface area contributed by atoms with Crippen molar-refractivity contribution in [2.45, 2.75) is 65.0 Å². The third-order valence-electron chi connectivity index (χ3n) is 3.50. The molecule has 2 amide bonds. The molecule has 0 aliphatic rings. The number of aliphatic hydroxyl groups is 1. The van der Waals surface area contributed by atoms with Gasteiger partial charge in [-0.3, -0.25) is 0 Å². The molecule has 1 rings (SSSR count). The summed E-state index contributed by atoms with van der Waals surface area (Å²) < 4.78 is 0. The molecule has 4 nitrogen and oxygen atoms in total. The zero-order valence-electron chi connectivity index (χ0n) is 13.4. The first-order valence-corrected chi connectivity index (χ1v) is 7.88. The van der Waals surface area contributed by atoms with E-state index in [4.69, 9.17) is 0 Å². The molecule has 3 N–H and O–H groups in total. The number of carbonyl (C=O) groups excluding carboxylic acids is 1. The van der Waals surface area contributed by atoms with Crippen molar-refractivity contribution >= 4 is 11.7 Å². The number of nitrogens with one attached hydrogen (secondary N) is 2. The van der Waals surface area contributed by atoms with Crippen LogP contribution in [0.2, 0.25) is 0 Å². The molecule has 0 aliphatic carbocycles. The highest BCUT2D eigenvalue weighted by Crippen LogP contribution is 2.16. The van der Waals surface area contributed by atoms with E-state index in [2.05, 4.69) is 17.6 Å². The molecule has 118 valence electrons. The minimum atomic E-state index is -0.535. The summed E-state index contributed by atoms with van der Waals surface area (Å²) >= 11 is 0. The molecular formula is C17H28N2O2. The van der Waals surface area contributed by atoms with Gasteiger partial charge in [0.25, 0.3) is 0 Å². The summed E-state index contributed by atoms with van der Waals surface area (Å²) in [7, 11) is 0. The Morgan fingerprint density at radius 3 is 2.67 bits per heavy atom. The second-order valence-electron chi connectivity index (χ2n) is 5.65. The minimum absolute atomic E-state index is 0.168. The lowest BCUT2D eigenvalue weighted by Gasteiger charge is -2.15. The zero-order valence-corrected chi connectivity index (χ0v) is 13.4. The Balaban J connectivity index is 2.37. The van der Waals surface area contributed by atoms with Gasteiger partial charge in [-0.1, -0.05) is 44.7 Å². The van der Waals surface area contributed by atoms with Crippen LogP contribution in [0.4, 0.5) is 10.5 Å². The number of rotatable bonds is 8. The lowest BCUT2D eigenvalue weighted by molar-refractivity contribution is 0.199. The fourth-order valence-electron chi connectivity index (χ4n) is 2.22. The number of urea groups is 1. The molecule has 0 radical (unpaired) electrons. The quantitative estimate of drug-likeness (QED) is 0.628. The van der Waals surface area contributed by atoms with Crippen molar-refractivity contribution in [1.29, 1.82) is 0 Å². The van der Waals surface area contributed by atoms with Gasteiger partial charge in [0.1, 0.15) is 0 Å². The van der Waals surface area contributed by atoms with Crippen LogP contribution in [0, 0.1) is 0 Å². The number of hydrogen-bond acceptors (Lipinski definition) is 2. The molecule has 4 heteroatoms. The smallest absolute Gasteiger partial charge is 0.319 e. The number of anilines is 1. The topological polar surface area (TPSA) is 61.4 Å². The molecule has 21 heavy (non-hydrogen) atoms. The van der Waals surface area contributed by atoms with E-state index in [0.29, 0.717) is 5.69 Å². The van der Waals surface area contributed by atoms with E-state index in [1.165, 1.54) is 19.3 Å². The summed E-state index contributed by atoms with van der Waals surface area (Å²) in [5.41, 5.74) is 1.49. The normalized spacial score (nSPS) is 13.5. The SMILES string of the molecule is CCCCCCC(C)NC(=O)Nc1cccc(C(C)O)c1. The van der Waals surface area contributed by atoms with E-state index in [-0.39, 0.29) is 12.1 Å². The van der Waals surface area contributed by atoms with Crippen molar-refractivity contribution in [3.63, 3.8) is 0 Å². The average Bonchev–Trinajstić information content (AvgIpc) is 2.43. The monoisotopic (exact) mass is 292 g/mol. The van der Waals surface area contributed by atoms with Crippen LogP contribution in [-0.2, 0) is 0 Å². The molecule has 0 fully saturated rings. The first-order valence-electron chi connectivity index (χ1n) is 7.88. The van der Waals surface area contributed by atoms with Gasteiger partial charge in [-0.25, -0.2) is 4.79 Å². The van der Waals surface area contributed by atoms with Crippen molar-refractivity contribution in [2.24, 2.45) is 0 Å². The maximum absolute atomic E-state index is 11.9. The van der Waals surface area contributed by atoms with E-state index in [9.17, 15) is 9.90 Å². The Morgan fingerprint density at radius 2 is 2.00 bits per heavy atom. The fourth-order valence-corrected chi connectivity index (χ4v) is 2.22. The largest absolute Gasteiger partial charge is 0.389 e. The second-order valence-corrected chi connectivity index (χ2v) is 5.65. The second kappa shape index (κ2) is 9.40. The molecule has 1 aromatic carbocycles. The summed E-state index contributed by atoms with van der Waals surface area (Å²) in [6, 6.07) is 7.24. The first kappa shape index (κ1) is 17.5. The first-order chi connectivity index (χ1) is 10.0. The Morgan fingerprint density at radius 1 is 1.24 bits per heavy atom. The highest BCUT2D eigenvalue weighted by molar-refractivity contribution is 5.89. The van der Waals surface area contributed by atoms with Gasteiger partial charge in [0.15, 0.2) is 0 Å². The molecule has 0 saturated heterocycles. The fraction of sp³-hybridized carbons (Fsp3) is 0.588. The Bertz CT molecular complexity index is 433. The van der Waals surface area contributed by atoms with Gasteiger partial charge >= 0.3 is 6.03 Å². The van der Waals surface area contributed by atoms with Crippen molar-refractivity contribution in [3.05, 3.63) is 29.8 Å². The van der Waals surface area contributed by atoms with Crippen molar-refractivity contribution in [1.82, 2.24) is 5.32 Å². The number of amides is 2. The van der Waals surface area contributed by atoms with Crippen LogP contribution >= 0.6 is 0 Å². The van der Waals surface area contributed by atoms with Crippen LogP contribution in [0.15, 0.2) is 24.3 Å². The molecule has 0 aliphatic heterocycles. The third kappa shape index (κ3) is 7.14. The van der Waals surface area contributed by atoms with Gasteiger partial charge in [-0.05, 0) is 38.0 Å². The van der Waals surface area contributed by atoms with Crippen molar-refractivity contribution in [2.75, 3.05) is 5.32 Å². The molecule has 0 spiro atoms. The molecule has 0 saturated carbocycles. The highest BCUT2D eigenvalue weighted by atomic mass is 16.3. The minimum Gasteiger partial charge on any atom is -0.389 e. The highest BCUT2D eigenvalue weighted by Gasteiger charge is 2.08. The summed E-state index contributed by atoms with van der Waals surface area (Å²) in [6.07, 6.45) is 5.31. The summed E-state index contributed by atoms with van der Waals surface area (Å²) in [6.45, 7) is 5.92. The molecule has 2 unspecified atom stereocenters. The number of aliphatic hydroxyl groups excluding tert-OH is 1. The van der Waals surface area contributed by atoms with E-state index in [0.717, 1.165) is 18.4 Å². The average molecular weight is 292 g/mol. The van der Waals surface area contributed by atoms with Crippen LogP contribution in [0.5, 0.6) is 0 Å². The molecule has 0 aromatic heterocycles.